The summed E-state index contributed by atoms with van der Waals surface area (Å²) >= 11 is 7.39. The molecule has 0 aliphatic carbocycles. The topological polar surface area (TPSA) is 0 Å². The smallest absolute Gasteiger partial charge is 0 e. The van der Waals surface area contributed by atoms with Crippen molar-refractivity contribution in [3.63, 3.8) is 0 Å². The van der Waals surface area contributed by atoms with Crippen LogP contribution < -0.4 is 0 Å². The van der Waals surface area contributed by atoms with E-state index in [9.17, 15) is 0 Å². The Morgan fingerprint density at radius 3 is 0.714 bits per heavy atom. The molecule has 0 rings (SSSR count). The predicted octanol–water partition coefficient (Wildman–Crippen LogP) is 2.65. The zero-order chi connectivity index (χ0) is 3.58. The van der Waals surface area contributed by atoms with Gasteiger partial charge in [0.25, 0.3) is 0 Å². The van der Waals surface area contributed by atoms with Gasteiger partial charge in [-0.15, -0.1) is 0 Å². The van der Waals surface area contributed by atoms with Crippen molar-refractivity contribution in [2.24, 2.45) is 0 Å². The molecule has 0 aliphatic rings. The van der Waals surface area contributed by atoms with Crippen molar-refractivity contribution in [1.82, 2.24) is 0 Å². The molecule has 0 saturated carbocycles. The van der Waals surface area contributed by atoms with Crippen molar-refractivity contribution in [3.05, 3.63) is 0 Å². The second-order valence-corrected chi connectivity index (χ2v) is 35.6. The van der Waals surface area contributed by atoms with E-state index in [0.29, 0.717) is 0 Å². The van der Waals surface area contributed by atoms with Crippen LogP contribution in [0.25, 0.3) is 0 Å². The second-order valence-electron chi connectivity index (χ2n) is 0.192. The molecule has 7 heteroatoms. The van der Waals surface area contributed by atoms with Crippen molar-refractivity contribution >= 4 is 59.9 Å². The third kappa shape index (κ3) is 37.3. The summed E-state index contributed by atoms with van der Waals surface area (Å²) in [5, 5.41) is 0. The van der Waals surface area contributed by atoms with E-state index in [-0.39, 0.29) is 60.6 Å². The van der Waals surface area contributed by atoms with Crippen molar-refractivity contribution in [1.29, 1.82) is 0 Å². The Morgan fingerprint density at radius 1 is 0.714 bits per heavy atom. The summed E-state index contributed by atoms with van der Waals surface area (Å²) in [4.78, 5) is -0.278. The van der Waals surface area contributed by atoms with Gasteiger partial charge in [-0.25, -0.2) is 0 Å². The molecule has 0 aromatic rings. The maximum absolute atomic E-state index is 2.46. The van der Waals surface area contributed by atoms with Crippen molar-refractivity contribution in [3.8, 4) is 0 Å². The maximum atomic E-state index is 2.46. The fourth-order valence-electron chi connectivity index (χ4n) is 0. The molecule has 0 heterocycles. The molecule has 0 unspecified atom stereocenters. The van der Waals surface area contributed by atoms with Crippen LogP contribution in [-0.2, 0) is 60.6 Å². The average molecular weight is 584 g/mol. The van der Waals surface area contributed by atoms with E-state index in [1.807, 2.05) is 0 Å². The molecule has 0 N–H and O–H groups in total. The first-order valence-corrected chi connectivity index (χ1v) is 14.0. The van der Waals surface area contributed by atoms with Gasteiger partial charge in [-0.2, -0.15) is 0 Å². The molecule has 0 fully saturated rings. The summed E-state index contributed by atoms with van der Waals surface area (Å²) < 4.78 is 0. The Morgan fingerprint density at radius 2 is 0.714 bits per heavy atom. The van der Waals surface area contributed by atoms with Crippen molar-refractivity contribution < 1.29 is 60.6 Å². The molecule has 0 amide bonds. The summed E-state index contributed by atoms with van der Waals surface area (Å²) in [6.07, 6.45) is 0. The zero-order valence-electron chi connectivity index (χ0n) is 2.92. The van der Waals surface area contributed by atoms with Crippen molar-refractivity contribution in [2.75, 3.05) is 0 Å². The SMILES string of the molecule is [I][V]([I])[I].[V].[V].[V]. The monoisotopic (exact) mass is 584 g/mol. The molecule has 0 bridgehead atoms. The van der Waals surface area contributed by atoms with Crippen LogP contribution >= 0.6 is 59.9 Å². The Hall–Kier alpha value is 4.53. The van der Waals surface area contributed by atoms with Crippen LogP contribution in [0.2, 0.25) is 0 Å². The first kappa shape index (κ1) is 22.5. The maximum Gasteiger partial charge on any atom is 0 e. The molecule has 0 atom stereocenters. The van der Waals surface area contributed by atoms with Crippen molar-refractivity contribution in [2.45, 2.75) is 0 Å². The zero-order valence-corrected chi connectivity index (χ0v) is 15.0. The quantitative estimate of drug-likeness (QED) is 0.385. The largest absolute Gasteiger partial charge is 0 e. The molecular formula is I3V4. The summed E-state index contributed by atoms with van der Waals surface area (Å²) in [7, 11) is 0. The first-order chi connectivity index (χ1) is 1.73. The summed E-state index contributed by atoms with van der Waals surface area (Å²) in [5.74, 6) is 0. The van der Waals surface area contributed by atoms with Gasteiger partial charge in [-0.1, -0.05) is 0 Å². The Balaban J connectivity index is -0.0000000150. The van der Waals surface area contributed by atoms with Gasteiger partial charge in [0.1, 0.15) is 0 Å². The van der Waals surface area contributed by atoms with Crippen LogP contribution in [0.5, 0.6) is 0 Å². The number of halogens is 3. The minimum Gasteiger partial charge on any atom is 0 e. The van der Waals surface area contributed by atoms with Crippen LogP contribution in [-0.4, -0.2) is 0 Å². The van der Waals surface area contributed by atoms with Crippen LogP contribution in [0.1, 0.15) is 0 Å². The van der Waals surface area contributed by atoms with Gasteiger partial charge >= 0.3 is 64.9 Å². The fraction of sp³-hybridized carbons (Fsp3) is 0. The van der Waals surface area contributed by atoms with Gasteiger partial charge in [-0.05, 0) is 0 Å². The van der Waals surface area contributed by atoms with E-state index >= 15 is 0 Å². The van der Waals surface area contributed by atoms with E-state index in [0.717, 1.165) is 0 Å². The molecule has 0 aromatic heterocycles. The number of hydrogen-bond acceptors (Lipinski definition) is 0. The van der Waals surface area contributed by atoms with Crippen LogP contribution in [0, 0.1) is 0 Å². The van der Waals surface area contributed by atoms with Gasteiger partial charge in [0.2, 0.25) is 0 Å². The van der Waals surface area contributed by atoms with E-state index in [4.69, 9.17) is 0 Å². The Bertz CT molecular complexity index is 11.7. The predicted molar refractivity (Wildman–Crippen MR) is 42.1 cm³/mol. The van der Waals surface area contributed by atoms with Gasteiger partial charge in [0.15, 0.2) is 0 Å². The molecule has 0 aliphatic heterocycles. The third-order valence-electron chi connectivity index (χ3n) is 0. The molecular weight excluding hydrogens is 584 g/mol. The van der Waals surface area contributed by atoms with E-state index in [2.05, 4.69) is 59.9 Å². The standard InChI is InChI=1S/3HI.4V/h3*1H;;;;/q;;;;;;+3/p-3. The van der Waals surface area contributed by atoms with E-state index in [1.54, 1.807) is 0 Å². The average Bonchev–Trinajstić information content (AvgIpc) is 0.811. The van der Waals surface area contributed by atoms with Crippen LogP contribution in [0.15, 0.2) is 0 Å². The molecule has 0 saturated heterocycles. The van der Waals surface area contributed by atoms with E-state index in [1.165, 1.54) is 0 Å². The minimum absolute atomic E-state index is 0. The van der Waals surface area contributed by atoms with Gasteiger partial charge in [0.05, 0.1) is 0 Å². The first-order valence-electron chi connectivity index (χ1n) is 0.507. The molecule has 0 spiro atoms. The third-order valence-corrected chi connectivity index (χ3v) is 0. The van der Waals surface area contributed by atoms with Crippen LogP contribution in [0.4, 0.5) is 0 Å². The minimum atomic E-state index is -0.278. The number of hydrogen-bond donors (Lipinski definition) is 0. The molecule has 41 valence electrons. The molecule has 0 nitrogen and oxygen atoms in total. The van der Waals surface area contributed by atoms with Gasteiger partial charge < -0.3 is 0 Å². The molecule has 0 aromatic carbocycles. The molecule has 7 heavy (non-hydrogen) atoms. The second kappa shape index (κ2) is 16.9. The Kier molecular flexibility index (Phi) is 54.3. The molecule has 3 radical (unpaired) electrons. The number of rotatable bonds is 0. The van der Waals surface area contributed by atoms with Crippen LogP contribution in [0.3, 0.4) is 0 Å². The van der Waals surface area contributed by atoms with E-state index < -0.39 is 0 Å². The van der Waals surface area contributed by atoms with Gasteiger partial charge in [-0.3, -0.25) is 0 Å². The Labute approximate surface area is 117 Å². The summed E-state index contributed by atoms with van der Waals surface area (Å²) in [6.45, 7) is 0. The normalized spacial score (nSPS) is 5.14. The van der Waals surface area contributed by atoms with Gasteiger partial charge in [0, 0.05) is 55.7 Å². The summed E-state index contributed by atoms with van der Waals surface area (Å²) in [6, 6.07) is 0. The fourth-order valence-corrected chi connectivity index (χ4v) is 0. The summed E-state index contributed by atoms with van der Waals surface area (Å²) in [5.41, 5.74) is 0.